The molecule has 4 heteroatoms. The van der Waals surface area contributed by atoms with Gasteiger partial charge in [-0.05, 0) is 31.0 Å². The maximum Gasteiger partial charge on any atom is 0.123 e. The zero-order chi connectivity index (χ0) is 12.1. The lowest BCUT2D eigenvalue weighted by molar-refractivity contribution is 0.538. The highest BCUT2D eigenvalue weighted by molar-refractivity contribution is 5.17. The Labute approximate surface area is 100 Å². The number of nitrogens with zero attached hydrogens (tertiary/aromatic N) is 1. The molecular formula is C13H16FN3. The molecule has 1 aromatic heterocycles. The van der Waals surface area contributed by atoms with Gasteiger partial charge in [0, 0.05) is 24.5 Å². The third-order valence-corrected chi connectivity index (χ3v) is 2.63. The van der Waals surface area contributed by atoms with Crippen LogP contribution < -0.4 is 5.32 Å². The van der Waals surface area contributed by atoms with E-state index in [4.69, 9.17) is 0 Å². The van der Waals surface area contributed by atoms with Gasteiger partial charge in [-0.25, -0.2) is 9.37 Å². The summed E-state index contributed by atoms with van der Waals surface area (Å²) in [5.74, 6) is -0.178. The molecule has 2 N–H and O–H groups in total. The average molecular weight is 233 g/mol. The standard InChI is InChI=1S/C13H16FN3/c1-10(16-8-13-7-15-9-17-13)5-11-3-2-4-12(14)6-11/h2-4,6-7,9-10,16H,5,8H2,1H3,(H,15,17). The summed E-state index contributed by atoms with van der Waals surface area (Å²) >= 11 is 0. The first-order chi connectivity index (χ1) is 8.24. The Morgan fingerprint density at radius 2 is 2.35 bits per heavy atom. The van der Waals surface area contributed by atoms with Gasteiger partial charge in [0.2, 0.25) is 0 Å². The van der Waals surface area contributed by atoms with Crippen LogP contribution in [-0.4, -0.2) is 16.0 Å². The first kappa shape index (κ1) is 11.8. The molecule has 0 amide bonds. The minimum Gasteiger partial charge on any atom is -0.347 e. The number of imidazole rings is 1. The molecule has 0 aliphatic rings. The van der Waals surface area contributed by atoms with Crippen molar-refractivity contribution in [3.63, 3.8) is 0 Å². The molecule has 90 valence electrons. The molecule has 1 heterocycles. The predicted molar refractivity (Wildman–Crippen MR) is 65.0 cm³/mol. The van der Waals surface area contributed by atoms with E-state index in [-0.39, 0.29) is 5.82 Å². The molecule has 0 spiro atoms. The van der Waals surface area contributed by atoms with E-state index in [1.807, 2.05) is 6.07 Å². The number of nitrogens with one attached hydrogen (secondary N) is 2. The van der Waals surface area contributed by atoms with E-state index >= 15 is 0 Å². The number of hydrogen-bond acceptors (Lipinski definition) is 2. The quantitative estimate of drug-likeness (QED) is 0.831. The van der Waals surface area contributed by atoms with E-state index in [1.54, 1.807) is 24.7 Å². The van der Waals surface area contributed by atoms with Crippen LogP contribution in [0.5, 0.6) is 0 Å². The summed E-state index contributed by atoms with van der Waals surface area (Å²) < 4.78 is 13.0. The minimum atomic E-state index is -0.178. The molecule has 17 heavy (non-hydrogen) atoms. The number of hydrogen-bond donors (Lipinski definition) is 2. The molecule has 1 aromatic carbocycles. The molecule has 0 saturated heterocycles. The predicted octanol–water partition coefficient (Wildman–Crippen LogP) is 2.27. The molecule has 0 fully saturated rings. The highest BCUT2D eigenvalue weighted by atomic mass is 19.1. The van der Waals surface area contributed by atoms with Gasteiger partial charge in [0.15, 0.2) is 0 Å². The van der Waals surface area contributed by atoms with Crippen LogP contribution in [0.3, 0.4) is 0 Å². The second-order valence-electron chi connectivity index (χ2n) is 4.19. The summed E-state index contributed by atoms with van der Waals surface area (Å²) in [5.41, 5.74) is 2.06. The Kier molecular flexibility index (Phi) is 3.88. The Morgan fingerprint density at radius 3 is 3.06 bits per heavy atom. The van der Waals surface area contributed by atoms with E-state index < -0.39 is 0 Å². The molecule has 1 unspecified atom stereocenters. The Bertz CT molecular complexity index is 453. The zero-order valence-electron chi connectivity index (χ0n) is 9.78. The summed E-state index contributed by atoms with van der Waals surface area (Å²) in [6, 6.07) is 7.02. The van der Waals surface area contributed by atoms with Crippen LogP contribution >= 0.6 is 0 Å². The van der Waals surface area contributed by atoms with E-state index in [9.17, 15) is 4.39 Å². The summed E-state index contributed by atoms with van der Waals surface area (Å²) in [7, 11) is 0. The van der Waals surface area contributed by atoms with Gasteiger partial charge >= 0.3 is 0 Å². The van der Waals surface area contributed by atoms with Crippen LogP contribution in [0.2, 0.25) is 0 Å². The number of aromatic nitrogens is 2. The normalized spacial score (nSPS) is 12.6. The molecule has 0 saturated carbocycles. The Hall–Kier alpha value is -1.68. The van der Waals surface area contributed by atoms with Gasteiger partial charge in [0.1, 0.15) is 5.82 Å². The van der Waals surface area contributed by atoms with Gasteiger partial charge in [0.05, 0.1) is 6.33 Å². The Balaban J connectivity index is 1.83. The van der Waals surface area contributed by atoms with E-state index in [2.05, 4.69) is 22.2 Å². The van der Waals surface area contributed by atoms with Crippen molar-refractivity contribution >= 4 is 0 Å². The number of benzene rings is 1. The summed E-state index contributed by atoms with van der Waals surface area (Å²) in [6.45, 7) is 2.83. The second-order valence-corrected chi connectivity index (χ2v) is 4.19. The highest BCUT2D eigenvalue weighted by Gasteiger charge is 2.04. The molecule has 2 aromatic rings. The third-order valence-electron chi connectivity index (χ3n) is 2.63. The topological polar surface area (TPSA) is 40.7 Å². The number of aromatic amines is 1. The second kappa shape index (κ2) is 5.59. The van der Waals surface area contributed by atoms with Gasteiger partial charge in [-0.1, -0.05) is 12.1 Å². The van der Waals surface area contributed by atoms with Crippen molar-refractivity contribution in [1.29, 1.82) is 0 Å². The van der Waals surface area contributed by atoms with Crippen molar-refractivity contribution in [3.8, 4) is 0 Å². The number of H-pyrrole nitrogens is 1. The van der Waals surface area contributed by atoms with Crippen LogP contribution in [0.25, 0.3) is 0 Å². The SMILES string of the molecule is CC(Cc1cccc(F)c1)NCc1cnc[nH]1. The lowest BCUT2D eigenvalue weighted by Crippen LogP contribution is -2.27. The monoisotopic (exact) mass is 233 g/mol. The highest BCUT2D eigenvalue weighted by Crippen LogP contribution is 2.06. The molecule has 2 rings (SSSR count). The fourth-order valence-corrected chi connectivity index (χ4v) is 1.76. The fraction of sp³-hybridized carbons (Fsp3) is 0.308. The van der Waals surface area contributed by atoms with Gasteiger partial charge in [-0.3, -0.25) is 0 Å². The molecular weight excluding hydrogens is 217 g/mol. The van der Waals surface area contributed by atoms with E-state index in [0.717, 1.165) is 24.2 Å². The van der Waals surface area contributed by atoms with Crippen LogP contribution in [0.15, 0.2) is 36.8 Å². The van der Waals surface area contributed by atoms with E-state index in [1.165, 1.54) is 6.07 Å². The van der Waals surface area contributed by atoms with Gasteiger partial charge in [-0.15, -0.1) is 0 Å². The fourth-order valence-electron chi connectivity index (χ4n) is 1.76. The maximum absolute atomic E-state index is 13.0. The van der Waals surface area contributed by atoms with Gasteiger partial charge in [-0.2, -0.15) is 0 Å². The molecule has 3 nitrogen and oxygen atoms in total. The van der Waals surface area contributed by atoms with Gasteiger partial charge in [0.25, 0.3) is 0 Å². The van der Waals surface area contributed by atoms with Crippen molar-refractivity contribution in [3.05, 3.63) is 53.9 Å². The summed E-state index contributed by atoms with van der Waals surface area (Å²) in [5, 5.41) is 3.36. The van der Waals surface area contributed by atoms with Crippen LogP contribution in [-0.2, 0) is 13.0 Å². The lowest BCUT2D eigenvalue weighted by Gasteiger charge is -2.13. The largest absolute Gasteiger partial charge is 0.347 e. The van der Waals surface area contributed by atoms with Crippen molar-refractivity contribution in [2.45, 2.75) is 25.9 Å². The number of halogens is 1. The molecule has 0 aliphatic heterocycles. The zero-order valence-corrected chi connectivity index (χ0v) is 9.78. The smallest absolute Gasteiger partial charge is 0.123 e. The minimum absolute atomic E-state index is 0.178. The number of rotatable bonds is 5. The van der Waals surface area contributed by atoms with Crippen LogP contribution in [0, 0.1) is 5.82 Å². The van der Waals surface area contributed by atoms with Crippen LogP contribution in [0.1, 0.15) is 18.2 Å². The molecule has 0 aliphatic carbocycles. The first-order valence-corrected chi connectivity index (χ1v) is 5.69. The van der Waals surface area contributed by atoms with E-state index in [0.29, 0.717) is 6.04 Å². The Morgan fingerprint density at radius 1 is 1.47 bits per heavy atom. The molecule has 0 bridgehead atoms. The van der Waals surface area contributed by atoms with Crippen molar-refractivity contribution in [2.24, 2.45) is 0 Å². The summed E-state index contributed by atoms with van der Waals surface area (Å²) in [4.78, 5) is 6.98. The van der Waals surface area contributed by atoms with Gasteiger partial charge < -0.3 is 10.3 Å². The van der Waals surface area contributed by atoms with Crippen molar-refractivity contribution in [2.75, 3.05) is 0 Å². The molecule has 0 radical (unpaired) electrons. The molecule has 1 atom stereocenters. The average Bonchev–Trinajstić information content (AvgIpc) is 2.79. The maximum atomic E-state index is 13.0. The summed E-state index contributed by atoms with van der Waals surface area (Å²) in [6.07, 6.45) is 4.27. The lowest BCUT2D eigenvalue weighted by atomic mass is 10.1. The van der Waals surface area contributed by atoms with Crippen LogP contribution in [0.4, 0.5) is 4.39 Å². The van der Waals surface area contributed by atoms with Crippen molar-refractivity contribution in [1.82, 2.24) is 15.3 Å². The first-order valence-electron chi connectivity index (χ1n) is 5.69. The third kappa shape index (κ3) is 3.67. The van der Waals surface area contributed by atoms with Crippen molar-refractivity contribution < 1.29 is 4.39 Å².